The van der Waals surface area contributed by atoms with Crippen molar-refractivity contribution >= 4 is 34.0 Å². The molecule has 6 heteroatoms. The summed E-state index contributed by atoms with van der Waals surface area (Å²) in [6.45, 7) is 0. The van der Waals surface area contributed by atoms with Crippen LogP contribution in [0.15, 0.2) is 83.5 Å². The predicted molar refractivity (Wildman–Crippen MR) is 112 cm³/mol. The average Bonchev–Trinajstić information content (AvgIpc) is 3.29. The molecule has 0 bridgehead atoms. The summed E-state index contributed by atoms with van der Waals surface area (Å²) >= 11 is 0. The number of hydrogen-bond donors (Lipinski definition) is 2. The minimum absolute atomic E-state index is 0.195. The van der Waals surface area contributed by atoms with Crippen LogP contribution in [0.1, 0.15) is 20.9 Å². The number of nitrogens with one attached hydrogen (secondary N) is 2. The fraction of sp³-hybridized carbons (Fsp3) is 0.0435. The van der Waals surface area contributed by atoms with Crippen molar-refractivity contribution in [2.24, 2.45) is 0 Å². The molecule has 0 aliphatic heterocycles. The van der Waals surface area contributed by atoms with Gasteiger partial charge in [0.05, 0.1) is 19.1 Å². The van der Waals surface area contributed by atoms with Crippen molar-refractivity contribution in [3.8, 4) is 5.75 Å². The van der Waals surface area contributed by atoms with E-state index < -0.39 is 0 Å². The Morgan fingerprint density at radius 3 is 2.41 bits per heavy atom. The van der Waals surface area contributed by atoms with Gasteiger partial charge in [-0.05, 0) is 47.2 Å². The maximum Gasteiger partial charge on any atom is 0.291 e. The zero-order chi connectivity index (χ0) is 20.2. The highest BCUT2D eigenvalue weighted by Crippen LogP contribution is 2.29. The van der Waals surface area contributed by atoms with Crippen molar-refractivity contribution in [1.82, 2.24) is 0 Å². The highest BCUT2D eigenvalue weighted by atomic mass is 16.5. The number of rotatable bonds is 5. The third-order valence-corrected chi connectivity index (χ3v) is 4.46. The van der Waals surface area contributed by atoms with Gasteiger partial charge in [0.15, 0.2) is 5.76 Å². The highest BCUT2D eigenvalue weighted by molar-refractivity contribution is 6.07. The minimum atomic E-state index is -0.388. The second-order valence-electron chi connectivity index (χ2n) is 6.36. The number of amides is 2. The molecule has 144 valence electrons. The zero-order valence-corrected chi connectivity index (χ0v) is 15.6. The zero-order valence-electron chi connectivity index (χ0n) is 15.6. The Morgan fingerprint density at radius 1 is 0.828 bits per heavy atom. The summed E-state index contributed by atoms with van der Waals surface area (Å²) in [7, 11) is 1.49. The van der Waals surface area contributed by atoms with Crippen LogP contribution < -0.4 is 15.4 Å². The molecular formula is C23H18N2O4. The lowest BCUT2D eigenvalue weighted by Crippen LogP contribution is -2.13. The van der Waals surface area contributed by atoms with E-state index in [1.165, 1.54) is 13.4 Å². The summed E-state index contributed by atoms with van der Waals surface area (Å²) in [6.07, 6.45) is 1.43. The molecule has 0 unspecified atom stereocenters. The molecule has 3 aromatic carbocycles. The molecule has 0 atom stereocenters. The smallest absolute Gasteiger partial charge is 0.291 e. The Kier molecular flexibility index (Phi) is 4.99. The van der Waals surface area contributed by atoms with Crippen LogP contribution in [0, 0.1) is 0 Å². The molecule has 6 nitrogen and oxygen atoms in total. The molecule has 1 aromatic heterocycles. The summed E-state index contributed by atoms with van der Waals surface area (Å²) in [6, 6.07) is 21.6. The summed E-state index contributed by atoms with van der Waals surface area (Å²) in [5.41, 5.74) is 1.58. The van der Waals surface area contributed by atoms with Crippen molar-refractivity contribution < 1.29 is 18.7 Å². The lowest BCUT2D eigenvalue weighted by Gasteiger charge is -2.12. The van der Waals surface area contributed by atoms with E-state index in [-0.39, 0.29) is 17.6 Å². The molecule has 4 aromatic rings. The van der Waals surface area contributed by atoms with Gasteiger partial charge < -0.3 is 19.8 Å². The Labute approximate surface area is 167 Å². The van der Waals surface area contributed by atoms with Crippen LogP contribution in [-0.4, -0.2) is 18.9 Å². The van der Waals surface area contributed by atoms with E-state index in [1.807, 2.05) is 36.4 Å². The average molecular weight is 386 g/mol. The number of carbonyl (C=O) groups excluding carboxylic acids is 2. The van der Waals surface area contributed by atoms with Gasteiger partial charge in [-0.1, -0.05) is 30.3 Å². The van der Waals surface area contributed by atoms with Crippen LogP contribution in [0.25, 0.3) is 10.8 Å². The van der Waals surface area contributed by atoms with Crippen molar-refractivity contribution in [1.29, 1.82) is 0 Å². The first kappa shape index (κ1) is 18.3. The Bertz CT molecular complexity index is 1180. The van der Waals surface area contributed by atoms with Crippen LogP contribution in [0.3, 0.4) is 0 Å². The van der Waals surface area contributed by atoms with Gasteiger partial charge in [0.2, 0.25) is 0 Å². The lowest BCUT2D eigenvalue weighted by molar-refractivity contribution is 0.0994. The number of carbonyl (C=O) groups is 2. The molecule has 0 aliphatic carbocycles. The van der Waals surface area contributed by atoms with Crippen molar-refractivity contribution in [3.05, 3.63) is 90.4 Å². The molecule has 0 fully saturated rings. The molecule has 0 saturated carbocycles. The van der Waals surface area contributed by atoms with Gasteiger partial charge in [-0.15, -0.1) is 0 Å². The van der Waals surface area contributed by atoms with E-state index >= 15 is 0 Å². The Hall–Kier alpha value is -4.06. The quantitative estimate of drug-likeness (QED) is 0.509. The second-order valence-corrected chi connectivity index (χ2v) is 6.36. The molecule has 0 radical (unpaired) electrons. The highest BCUT2D eigenvalue weighted by Gasteiger charge is 2.14. The molecule has 29 heavy (non-hydrogen) atoms. The third kappa shape index (κ3) is 3.96. The second kappa shape index (κ2) is 7.90. The Morgan fingerprint density at radius 2 is 1.66 bits per heavy atom. The first-order chi connectivity index (χ1) is 14.1. The van der Waals surface area contributed by atoms with Crippen LogP contribution in [-0.2, 0) is 0 Å². The molecule has 4 rings (SSSR count). The summed E-state index contributed by atoms with van der Waals surface area (Å²) < 4.78 is 10.4. The van der Waals surface area contributed by atoms with Crippen LogP contribution in [0.5, 0.6) is 5.75 Å². The number of ether oxygens (including phenoxy) is 1. The maximum absolute atomic E-state index is 12.6. The molecule has 0 spiro atoms. The molecular weight excluding hydrogens is 368 g/mol. The fourth-order valence-electron chi connectivity index (χ4n) is 3.00. The Balaban J connectivity index is 1.52. The first-order valence-corrected chi connectivity index (χ1v) is 8.97. The largest absolute Gasteiger partial charge is 0.494 e. The van der Waals surface area contributed by atoms with Crippen molar-refractivity contribution in [2.45, 2.75) is 0 Å². The van der Waals surface area contributed by atoms with E-state index in [4.69, 9.17) is 9.15 Å². The molecule has 1 heterocycles. The summed E-state index contributed by atoms with van der Waals surface area (Å²) in [4.78, 5) is 24.8. The number of hydrogen-bond acceptors (Lipinski definition) is 4. The van der Waals surface area contributed by atoms with Crippen LogP contribution >= 0.6 is 0 Å². The summed E-state index contributed by atoms with van der Waals surface area (Å²) in [5.74, 6) is -0.00613. The normalized spacial score (nSPS) is 10.5. The number of furan rings is 1. The monoisotopic (exact) mass is 386 g/mol. The molecule has 2 N–H and O–H groups in total. The fourth-order valence-corrected chi connectivity index (χ4v) is 3.00. The van der Waals surface area contributed by atoms with E-state index in [0.717, 1.165) is 10.8 Å². The van der Waals surface area contributed by atoms with Gasteiger partial charge in [0.1, 0.15) is 5.75 Å². The molecule has 0 saturated heterocycles. The van der Waals surface area contributed by atoms with Gasteiger partial charge in [-0.25, -0.2) is 0 Å². The standard InChI is InChI=1S/C23H18N2O4/c1-28-21-14-18(10-11-19(21)25-23(27)20-7-4-12-29-20)24-22(26)17-9-8-15-5-2-3-6-16(15)13-17/h2-14H,1H3,(H,24,26)(H,25,27). The molecule has 2 amide bonds. The first-order valence-electron chi connectivity index (χ1n) is 8.97. The van der Waals surface area contributed by atoms with Crippen molar-refractivity contribution in [2.75, 3.05) is 17.7 Å². The van der Waals surface area contributed by atoms with Gasteiger partial charge in [0, 0.05) is 17.3 Å². The van der Waals surface area contributed by atoms with Crippen molar-refractivity contribution in [3.63, 3.8) is 0 Å². The number of anilines is 2. The van der Waals surface area contributed by atoms with E-state index in [1.54, 1.807) is 36.4 Å². The van der Waals surface area contributed by atoms with E-state index in [2.05, 4.69) is 10.6 Å². The van der Waals surface area contributed by atoms with Crippen LogP contribution in [0.2, 0.25) is 0 Å². The third-order valence-electron chi connectivity index (χ3n) is 4.46. The van der Waals surface area contributed by atoms with Gasteiger partial charge in [-0.3, -0.25) is 9.59 Å². The predicted octanol–water partition coefficient (Wildman–Crippen LogP) is 4.95. The van der Waals surface area contributed by atoms with Gasteiger partial charge >= 0.3 is 0 Å². The van der Waals surface area contributed by atoms with E-state index in [0.29, 0.717) is 22.7 Å². The number of fused-ring (bicyclic) bond motifs is 1. The van der Waals surface area contributed by atoms with Gasteiger partial charge in [-0.2, -0.15) is 0 Å². The number of methoxy groups -OCH3 is 1. The molecule has 0 aliphatic rings. The SMILES string of the molecule is COc1cc(NC(=O)c2ccc3ccccc3c2)ccc1NC(=O)c1ccco1. The maximum atomic E-state index is 12.6. The minimum Gasteiger partial charge on any atom is -0.494 e. The van der Waals surface area contributed by atoms with Crippen LogP contribution in [0.4, 0.5) is 11.4 Å². The topological polar surface area (TPSA) is 80.6 Å². The van der Waals surface area contributed by atoms with Gasteiger partial charge in [0.25, 0.3) is 11.8 Å². The number of benzene rings is 3. The lowest BCUT2D eigenvalue weighted by atomic mass is 10.1. The summed E-state index contributed by atoms with van der Waals surface area (Å²) in [5, 5.41) is 7.65. The van der Waals surface area contributed by atoms with E-state index in [9.17, 15) is 9.59 Å².